The second kappa shape index (κ2) is 12.2. The van der Waals surface area contributed by atoms with Crippen LogP contribution in [-0.2, 0) is 23.1 Å². The van der Waals surface area contributed by atoms with Crippen molar-refractivity contribution in [3.8, 4) is 0 Å². The number of aliphatic imine (C=N–C) groups is 1. The fourth-order valence-corrected chi connectivity index (χ4v) is 2.10. The minimum Gasteiger partial charge on any atom is -0.444 e. The monoisotopic (exact) mass is 397 g/mol. The number of nitrogens with one attached hydrogen (secondary N) is 3. The van der Waals surface area contributed by atoms with E-state index in [1.54, 1.807) is 0 Å². The van der Waals surface area contributed by atoms with Gasteiger partial charge in [-0.2, -0.15) is 0 Å². The van der Waals surface area contributed by atoms with Gasteiger partial charge in [-0.3, -0.25) is 0 Å². The molecule has 0 bridgehead atoms. The van der Waals surface area contributed by atoms with E-state index < -0.39 is 11.7 Å². The van der Waals surface area contributed by atoms with E-state index in [4.69, 9.17) is 9.47 Å². The van der Waals surface area contributed by atoms with Crippen LogP contribution in [0.4, 0.5) is 4.79 Å². The molecule has 1 aromatic rings. The summed E-state index contributed by atoms with van der Waals surface area (Å²) in [6.07, 6.45) is 0.431. The third kappa shape index (κ3) is 10.1. The first-order valence-corrected chi connectivity index (χ1v) is 9.64. The lowest BCUT2D eigenvalue weighted by atomic mass is 10.2. The first kappa shape index (κ1) is 23.7. The van der Waals surface area contributed by atoms with Crippen molar-refractivity contribution in [2.45, 2.75) is 53.2 Å². The summed E-state index contributed by atoms with van der Waals surface area (Å²) in [6.45, 7) is 12.8. The average molecular weight is 398 g/mol. The number of amides is 1. The molecule has 0 fully saturated rings. The van der Waals surface area contributed by atoms with Gasteiger partial charge in [-0.15, -0.1) is 10.2 Å². The summed E-state index contributed by atoms with van der Waals surface area (Å²) in [7, 11) is 1.91. The van der Waals surface area contributed by atoms with Crippen LogP contribution in [-0.4, -0.2) is 65.3 Å². The van der Waals surface area contributed by atoms with Crippen LogP contribution >= 0.6 is 0 Å². The average Bonchev–Trinajstić information content (AvgIpc) is 2.92. The van der Waals surface area contributed by atoms with Gasteiger partial charge in [0.15, 0.2) is 11.8 Å². The number of ether oxygens (including phenoxy) is 2. The van der Waals surface area contributed by atoms with Crippen LogP contribution in [0.5, 0.6) is 0 Å². The molecule has 0 aromatic carbocycles. The van der Waals surface area contributed by atoms with Gasteiger partial charge >= 0.3 is 6.09 Å². The van der Waals surface area contributed by atoms with E-state index in [9.17, 15) is 4.79 Å². The van der Waals surface area contributed by atoms with Gasteiger partial charge in [0.2, 0.25) is 0 Å². The zero-order valence-electron chi connectivity index (χ0n) is 18.0. The lowest BCUT2D eigenvalue weighted by Crippen LogP contribution is -2.43. The summed E-state index contributed by atoms with van der Waals surface area (Å²) < 4.78 is 12.5. The molecule has 0 aliphatic carbocycles. The number of hydrogen-bond donors (Lipinski definition) is 3. The van der Waals surface area contributed by atoms with Crippen molar-refractivity contribution >= 4 is 12.1 Å². The molecule has 1 amide bonds. The molecule has 3 N–H and O–H groups in total. The molecule has 28 heavy (non-hydrogen) atoms. The van der Waals surface area contributed by atoms with Gasteiger partial charge in [-0.1, -0.05) is 0 Å². The quantitative estimate of drug-likeness (QED) is 0.308. The Morgan fingerprint density at radius 1 is 1.14 bits per heavy atom. The SMILES string of the molecule is CCOCCCNC(=NCc1nnc(C)n1C)NCCNC(=O)OC(C)(C)C. The van der Waals surface area contributed by atoms with Crippen LogP contribution in [0.15, 0.2) is 4.99 Å². The molecule has 0 saturated carbocycles. The van der Waals surface area contributed by atoms with E-state index in [0.717, 1.165) is 24.6 Å². The minimum atomic E-state index is -0.513. The van der Waals surface area contributed by atoms with Crippen molar-refractivity contribution in [1.82, 2.24) is 30.7 Å². The third-order valence-electron chi connectivity index (χ3n) is 3.61. The smallest absolute Gasteiger partial charge is 0.407 e. The Hall–Kier alpha value is -2.36. The van der Waals surface area contributed by atoms with Gasteiger partial charge in [0, 0.05) is 39.9 Å². The van der Waals surface area contributed by atoms with Gasteiger partial charge in [0.25, 0.3) is 0 Å². The highest BCUT2D eigenvalue weighted by molar-refractivity contribution is 5.79. The minimum absolute atomic E-state index is 0.400. The molecule has 0 atom stereocenters. The van der Waals surface area contributed by atoms with Gasteiger partial charge in [0.05, 0.1) is 0 Å². The zero-order chi connectivity index (χ0) is 21.0. The van der Waals surface area contributed by atoms with Gasteiger partial charge in [0.1, 0.15) is 18.0 Å². The number of guanidine groups is 1. The molecular weight excluding hydrogens is 362 g/mol. The van der Waals surface area contributed by atoms with E-state index in [-0.39, 0.29) is 0 Å². The first-order chi connectivity index (χ1) is 13.2. The van der Waals surface area contributed by atoms with Crippen molar-refractivity contribution in [3.63, 3.8) is 0 Å². The fraction of sp³-hybridized carbons (Fsp3) is 0.778. The Bertz CT molecular complexity index is 623. The molecule has 0 aliphatic heterocycles. The molecule has 0 aliphatic rings. The van der Waals surface area contributed by atoms with Crippen molar-refractivity contribution < 1.29 is 14.3 Å². The molecular formula is C18H35N7O3. The molecule has 0 saturated heterocycles. The molecule has 0 unspecified atom stereocenters. The Morgan fingerprint density at radius 2 is 1.82 bits per heavy atom. The lowest BCUT2D eigenvalue weighted by molar-refractivity contribution is 0.0529. The second-order valence-corrected chi connectivity index (χ2v) is 7.22. The summed E-state index contributed by atoms with van der Waals surface area (Å²) in [5.74, 6) is 2.26. The highest BCUT2D eigenvalue weighted by Gasteiger charge is 2.15. The van der Waals surface area contributed by atoms with Crippen LogP contribution < -0.4 is 16.0 Å². The summed E-state index contributed by atoms with van der Waals surface area (Å²) in [6, 6.07) is 0. The van der Waals surface area contributed by atoms with Crippen molar-refractivity contribution in [1.29, 1.82) is 0 Å². The highest BCUT2D eigenvalue weighted by atomic mass is 16.6. The van der Waals surface area contributed by atoms with Gasteiger partial charge < -0.3 is 30.0 Å². The summed E-state index contributed by atoms with van der Waals surface area (Å²) in [5.41, 5.74) is -0.513. The Morgan fingerprint density at radius 3 is 2.43 bits per heavy atom. The Labute approximate surface area is 167 Å². The van der Waals surface area contributed by atoms with Crippen LogP contribution in [0.3, 0.4) is 0 Å². The molecule has 160 valence electrons. The van der Waals surface area contributed by atoms with Crippen molar-refractivity contribution in [2.75, 3.05) is 32.8 Å². The molecule has 10 heteroatoms. The first-order valence-electron chi connectivity index (χ1n) is 9.64. The van der Waals surface area contributed by atoms with E-state index in [1.165, 1.54) is 0 Å². The van der Waals surface area contributed by atoms with Crippen molar-refractivity contribution in [2.24, 2.45) is 12.0 Å². The van der Waals surface area contributed by atoms with Crippen LogP contribution in [0.1, 0.15) is 45.8 Å². The third-order valence-corrected chi connectivity index (χ3v) is 3.61. The zero-order valence-corrected chi connectivity index (χ0v) is 18.0. The molecule has 0 radical (unpaired) electrons. The second-order valence-electron chi connectivity index (χ2n) is 7.22. The maximum absolute atomic E-state index is 11.7. The standard InChI is InChI=1S/C18H35N7O3/c1-7-27-12-8-9-19-16(22-13-15-24-23-14(2)25(15)6)20-10-11-21-17(26)28-18(3,4)5/h7-13H2,1-6H3,(H,21,26)(H2,19,20,22). The summed E-state index contributed by atoms with van der Waals surface area (Å²) in [5, 5.41) is 17.3. The fourth-order valence-electron chi connectivity index (χ4n) is 2.10. The normalized spacial score (nSPS) is 12.0. The molecule has 1 aromatic heterocycles. The number of rotatable bonds is 10. The summed E-state index contributed by atoms with van der Waals surface area (Å²) in [4.78, 5) is 16.2. The Kier molecular flexibility index (Phi) is 10.3. The number of aromatic nitrogens is 3. The lowest BCUT2D eigenvalue weighted by Gasteiger charge is -2.20. The predicted octanol–water partition coefficient (Wildman–Crippen LogP) is 1.11. The highest BCUT2D eigenvalue weighted by Crippen LogP contribution is 2.06. The number of alkyl carbamates (subject to hydrolysis) is 1. The number of nitrogens with zero attached hydrogens (tertiary/aromatic N) is 4. The largest absolute Gasteiger partial charge is 0.444 e. The number of aryl methyl sites for hydroxylation is 1. The van der Waals surface area contributed by atoms with Crippen molar-refractivity contribution in [3.05, 3.63) is 11.6 Å². The van der Waals surface area contributed by atoms with Crippen LogP contribution in [0.2, 0.25) is 0 Å². The molecule has 10 nitrogen and oxygen atoms in total. The van der Waals surface area contributed by atoms with Crippen LogP contribution in [0, 0.1) is 6.92 Å². The molecule has 0 spiro atoms. The van der Waals surface area contributed by atoms with E-state index in [0.29, 0.717) is 38.8 Å². The maximum Gasteiger partial charge on any atom is 0.407 e. The van der Waals surface area contributed by atoms with Gasteiger partial charge in [-0.25, -0.2) is 9.79 Å². The number of carbonyl (C=O) groups is 1. The molecule has 1 rings (SSSR count). The van der Waals surface area contributed by atoms with Gasteiger partial charge in [-0.05, 0) is 41.0 Å². The van der Waals surface area contributed by atoms with Crippen LogP contribution in [0.25, 0.3) is 0 Å². The topological polar surface area (TPSA) is 115 Å². The number of carbonyl (C=O) groups excluding carboxylic acids is 1. The van der Waals surface area contributed by atoms with E-state index in [2.05, 4.69) is 31.1 Å². The number of hydrogen-bond acceptors (Lipinski definition) is 6. The molecule has 1 heterocycles. The predicted molar refractivity (Wildman–Crippen MR) is 108 cm³/mol. The van der Waals surface area contributed by atoms with E-state index >= 15 is 0 Å². The maximum atomic E-state index is 11.7. The Balaban J connectivity index is 2.49. The summed E-state index contributed by atoms with van der Waals surface area (Å²) >= 11 is 0. The van der Waals surface area contributed by atoms with E-state index in [1.807, 2.05) is 46.2 Å².